The summed E-state index contributed by atoms with van der Waals surface area (Å²) < 4.78 is 10.2. The molecule has 0 amide bonds. The number of aromatic nitrogens is 1. The van der Waals surface area contributed by atoms with Crippen LogP contribution in [0, 0.1) is 5.92 Å². The third-order valence-electron chi connectivity index (χ3n) is 3.36. The summed E-state index contributed by atoms with van der Waals surface area (Å²) in [5, 5.41) is 0. The van der Waals surface area contributed by atoms with Crippen LogP contribution < -0.4 is 9.64 Å². The van der Waals surface area contributed by atoms with Crippen molar-refractivity contribution in [1.29, 1.82) is 0 Å². The first-order chi connectivity index (χ1) is 9.24. The molecule has 2 heterocycles. The number of esters is 1. The Morgan fingerprint density at radius 3 is 2.79 bits per heavy atom. The maximum Gasteiger partial charge on any atom is 0.309 e. The first-order valence-corrected chi connectivity index (χ1v) is 6.67. The van der Waals surface area contributed by atoms with Crippen LogP contribution in [-0.4, -0.2) is 37.8 Å². The van der Waals surface area contributed by atoms with Crippen molar-refractivity contribution in [1.82, 2.24) is 4.98 Å². The van der Waals surface area contributed by atoms with Crippen molar-refractivity contribution in [3.8, 4) is 5.88 Å². The Kier molecular flexibility index (Phi) is 4.60. The molecule has 0 bridgehead atoms. The lowest BCUT2D eigenvalue weighted by Gasteiger charge is -2.31. The predicted molar refractivity (Wildman–Crippen MR) is 72.4 cm³/mol. The van der Waals surface area contributed by atoms with E-state index in [1.54, 1.807) is 7.11 Å². The molecule has 5 heteroatoms. The van der Waals surface area contributed by atoms with Gasteiger partial charge in [-0.15, -0.1) is 0 Å². The summed E-state index contributed by atoms with van der Waals surface area (Å²) in [5.74, 6) is 1.48. The van der Waals surface area contributed by atoms with E-state index < -0.39 is 0 Å². The minimum Gasteiger partial charge on any atom is -0.481 e. The lowest BCUT2D eigenvalue weighted by molar-refractivity contribution is -0.148. The average molecular weight is 264 g/mol. The number of nitrogens with zero attached hydrogens (tertiary/aromatic N) is 2. The van der Waals surface area contributed by atoms with Gasteiger partial charge in [0.1, 0.15) is 5.82 Å². The number of methoxy groups -OCH3 is 1. The number of hydrogen-bond acceptors (Lipinski definition) is 5. The smallest absolute Gasteiger partial charge is 0.309 e. The molecule has 1 fully saturated rings. The summed E-state index contributed by atoms with van der Waals surface area (Å²) in [6, 6.07) is 5.72. The molecule has 19 heavy (non-hydrogen) atoms. The molecule has 0 atom stereocenters. The minimum absolute atomic E-state index is 0.0295. The molecule has 0 aliphatic carbocycles. The molecule has 1 aliphatic rings. The quantitative estimate of drug-likeness (QED) is 0.777. The van der Waals surface area contributed by atoms with Crippen molar-refractivity contribution in [2.75, 3.05) is 31.7 Å². The molecule has 0 unspecified atom stereocenters. The molecule has 0 radical (unpaired) electrons. The maximum absolute atomic E-state index is 11.7. The highest BCUT2D eigenvalue weighted by molar-refractivity contribution is 5.72. The van der Waals surface area contributed by atoms with E-state index in [9.17, 15) is 4.79 Å². The van der Waals surface area contributed by atoms with Crippen molar-refractivity contribution >= 4 is 11.8 Å². The minimum atomic E-state index is -0.0687. The number of piperidine rings is 1. The molecule has 1 aliphatic heterocycles. The molecule has 104 valence electrons. The first kappa shape index (κ1) is 13.6. The molecule has 0 spiro atoms. The molecule has 0 N–H and O–H groups in total. The molecular formula is C14H20N2O3. The topological polar surface area (TPSA) is 51.7 Å². The highest BCUT2D eigenvalue weighted by atomic mass is 16.5. The van der Waals surface area contributed by atoms with Crippen LogP contribution in [0.25, 0.3) is 0 Å². The zero-order valence-corrected chi connectivity index (χ0v) is 11.5. The van der Waals surface area contributed by atoms with Crippen LogP contribution in [-0.2, 0) is 9.53 Å². The second-order valence-corrected chi connectivity index (χ2v) is 4.55. The van der Waals surface area contributed by atoms with Gasteiger partial charge >= 0.3 is 5.97 Å². The summed E-state index contributed by atoms with van der Waals surface area (Å²) in [5.41, 5.74) is 0. The van der Waals surface area contributed by atoms with Crippen LogP contribution in [0.5, 0.6) is 5.88 Å². The highest BCUT2D eigenvalue weighted by Crippen LogP contribution is 2.24. The number of hydrogen-bond donors (Lipinski definition) is 0. The summed E-state index contributed by atoms with van der Waals surface area (Å²) in [7, 11) is 1.61. The number of ether oxygens (including phenoxy) is 2. The van der Waals surface area contributed by atoms with Gasteiger partial charge < -0.3 is 14.4 Å². The van der Waals surface area contributed by atoms with E-state index in [1.165, 1.54) is 0 Å². The van der Waals surface area contributed by atoms with E-state index in [1.807, 2.05) is 25.1 Å². The zero-order valence-electron chi connectivity index (χ0n) is 11.5. The van der Waals surface area contributed by atoms with E-state index in [0.717, 1.165) is 31.7 Å². The van der Waals surface area contributed by atoms with Gasteiger partial charge in [-0.05, 0) is 25.8 Å². The van der Waals surface area contributed by atoms with Crippen LogP contribution in [0.3, 0.4) is 0 Å². The van der Waals surface area contributed by atoms with Gasteiger partial charge in [-0.3, -0.25) is 4.79 Å². The lowest BCUT2D eigenvalue weighted by Crippen LogP contribution is -2.37. The van der Waals surface area contributed by atoms with Gasteiger partial charge in [0, 0.05) is 19.2 Å². The number of rotatable bonds is 4. The van der Waals surface area contributed by atoms with Gasteiger partial charge in [0.25, 0.3) is 0 Å². The fourth-order valence-corrected chi connectivity index (χ4v) is 2.30. The molecule has 1 aromatic heterocycles. The van der Waals surface area contributed by atoms with E-state index in [4.69, 9.17) is 9.47 Å². The van der Waals surface area contributed by atoms with Crippen LogP contribution in [0.2, 0.25) is 0 Å². The summed E-state index contributed by atoms with van der Waals surface area (Å²) in [4.78, 5) is 18.3. The average Bonchev–Trinajstić information content (AvgIpc) is 2.48. The van der Waals surface area contributed by atoms with Crippen molar-refractivity contribution in [2.45, 2.75) is 19.8 Å². The van der Waals surface area contributed by atoms with Crippen LogP contribution in [0.1, 0.15) is 19.8 Å². The summed E-state index contributed by atoms with van der Waals surface area (Å²) in [6.45, 7) is 3.94. The fourth-order valence-electron chi connectivity index (χ4n) is 2.30. The standard InChI is InChI=1S/C14H20N2O3/c1-3-19-14(17)11-7-9-16(10-8-11)12-5-4-6-13(15-12)18-2/h4-6,11H,3,7-10H2,1-2H3. The normalized spacial score (nSPS) is 16.2. The number of carbonyl (C=O) groups excluding carboxylic acids is 1. The summed E-state index contributed by atoms with van der Waals surface area (Å²) in [6.07, 6.45) is 1.63. The van der Waals surface area contributed by atoms with Crippen molar-refractivity contribution in [2.24, 2.45) is 5.92 Å². The van der Waals surface area contributed by atoms with E-state index in [-0.39, 0.29) is 11.9 Å². The Balaban J connectivity index is 1.94. The SMILES string of the molecule is CCOC(=O)C1CCN(c2cccc(OC)n2)CC1. The zero-order chi connectivity index (χ0) is 13.7. The molecule has 1 aromatic rings. The van der Waals surface area contributed by atoms with Gasteiger partial charge in [0.2, 0.25) is 5.88 Å². The van der Waals surface area contributed by atoms with E-state index >= 15 is 0 Å². The molecule has 0 aromatic carbocycles. The Morgan fingerprint density at radius 2 is 2.16 bits per heavy atom. The van der Waals surface area contributed by atoms with Gasteiger partial charge in [-0.2, -0.15) is 4.98 Å². The highest BCUT2D eigenvalue weighted by Gasteiger charge is 2.26. The van der Waals surface area contributed by atoms with Gasteiger partial charge in [-0.1, -0.05) is 6.07 Å². The van der Waals surface area contributed by atoms with Crippen molar-refractivity contribution < 1.29 is 14.3 Å². The number of anilines is 1. The van der Waals surface area contributed by atoms with Crippen LogP contribution in [0.15, 0.2) is 18.2 Å². The predicted octanol–water partition coefficient (Wildman–Crippen LogP) is 1.87. The Morgan fingerprint density at radius 1 is 1.42 bits per heavy atom. The molecule has 0 saturated carbocycles. The van der Waals surface area contributed by atoms with Crippen LogP contribution in [0.4, 0.5) is 5.82 Å². The molecular weight excluding hydrogens is 244 g/mol. The Hall–Kier alpha value is -1.78. The second-order valence-electron chi connectivity index (χ2n) is 4.55. The fraction of sp³-hybridized carbons (Fsp3) is 0.571. The second kappa shape index (κ2) is 6.41. The Labute approximate surface area is 113 Å². The number of carbonyl (C=O) groups is 1. The summed E-state index contributed by atoms with van der Waals surface area (Å²) >= 11 is 0. The Bertz CT molecular complexity index is 428. The number of pyridine rings is 1. The van der Waals surface area contributed by atoms with E-state index in [2.05, 4.69) is 9.88 Å². The van der Waals surface area contributed by atoms with Crippen LogP contribution >= 0.6 is 0 Å². The lowest BCUT2D eigenvalue weighted by atomic mass is 9.97. The van der Waals surface area contributed by atoms with E-state index in [0.29, 0.717) is 12.5 Å². The first-order valence-electron chi connectivity index (χ1n) is 6.67. The van der Waals surface area contributed by atoms with Gasteiger partial charge in [0.15, 0.2) is 0 Å². The largest absolute Gasteiger partial charge is 0.481 e. The van der Waals surface area contributed by atoms with Gasteiger partial charge in [0.05, 0.1) is 19.6 Å². The van der Waals surface area contributed by atoms with Crippen molar-refractivity contribution in [3.63, 3.8) is 0 Å². The molecule has 2 rings (SSSR count). The third-order valence-corrected chi connectivity index (χ3v) is 3.36. The van der Waals surface area contributed by atoms with Gasteiger partial charge in [-0.25, -0.2) is 0 Å². The van der Waals surface area contributed by atoms with Crippen molar-refractivity contribution in [3.05, 3.63) is 18.2 Å². The third kappa shape index (κ3) is 3.36. The monoisotopic (exact) mass is 264 g/mol. The maximum atomic E-state index is 11.7. The molecule has 1 saturated heterocycles. The molecule has 5 nitrogen and oxygen atoms in total.